The van der Waals surface area contributed by atoms with E-state index in [-0.39, 0.29) is 0 Å². The summed E-state index contributed by atoms with van der Waals surface area (Å²) in [6.07, 6.45) is 0. The summed E-state index contributed by atoms with van der Waals surface area (Å²) in [6.45, 7) is 7.68. The molecule has 2 aromatic carbocycles. The fourth-order valence-electron chi connectivity index (χ4n) is 3.59. The van der Waals surface area contributed by atoms with Crippen LogP contribution in [0.15, 0.2) is 42.5 Å². The van der Waals surface area contributed by atoms with Crippen LogP contribution in [0.25, 0.3) is 22.4 Å². The number of fused-ring (bicyclic) bond motifs is 1. The maximum Gasteiger partial charge on any atom is 0.142 e. The van der Waals surface area contributed by atoms with E-state index >= 15 is 0 Å². The average Bonchev–Trinajstić information content (AvgIpc) is 2.99. The lowest BCUT2D eigenvalue weighted by atomic mass is 10.1. The first kappa shape index (κ1) is 16.4. The largest absolute Gasteiger partial charge is 0.369 e. The Morgan fingerprint density at radius 3 is 2.52 bits per heavy atom. The van der Waals surface area contributed by atoms with Crippen LogP contribution in [0, 0.1) is 0 Å². The first-order chi connectivity index (χ1) is 12.2. The molecule has 5 heteroatoms. The Balaban J connectivity index is 1.71. The van der Waals surface area contributed by atoms with Gasteiger partial charge in [-0.15, -0.1) is 0 Å². The Bertz CT molecular complexity index is 894. The molecule has 1 fully saturated rings. The smallest absolute Gasteiger partial charge is 0.142 e. The zero-order valence-electron chi connectivity index (χ0n) is 14.7. The molecule has 3 aromatic rings. The van der Waals surface area contributed by atoms with Crippen LogP contribution in [0.2, 0.25) is 5.02 Å². The molecule has 2 heterocycles. The highest BCUT2D eigenvalue weighted by molar-refractivity contribution is 6.33. The van der Waals surface area contributed by atoms with E-state index in [0.29, 0.717) is 0 Å². The number of aryl methyl sites for hydroxylation is 1. The Labute approximate surface area is 153 Å². The number of hydrogen-bond acceptors (Lipinski definition) is 3. The van der Waals surface area contributed by atoms with Crippen molar-refractivity contribution in [2.45, 2.75) is 6.92 Å². The Hall–Kier alpha value is -2.04. The van der Waals surface area contributed by atoms with Gasteiger partial charge in [0, 0.05) is 44.5 Å². The third-order valence-corrected chi connectivity index (χ3v) is 5.49. The van der Waals surface area contributed by atoms with Crippen LogP contribution in [0.1, 0.15) is 6.92 Å². The van der Waals surface area contributed by atoms with Gasteiger partial charge >= 0.3 is 0 Å². The van der Waals surface area contributed by atoms with E-state index in [4.69, 9.17) is 16.6 Å². The first-order valence-electron chi connectivity index (χ1n) is 8.86. The first-order valence-corrected chi connectivity index (χ1v) is 9.24. The van der Waals surface area contributed by atoms with Crippen LogP contribution >= 0.6 is 11.6 Å². The number of nitrogens with zero attached hydrogens (tertiary/aromatic N) is 4. The topological polar surface area (TPSA) is 24.3 Å². The molecular formula is C20H23ClN4. The number of halogens is 1. The number of piperazine rings is 1. The lowest BCUT2D eigenvalue weighted by Gasteiger charge is -2.35. The van der Waals surface area contributed by atoms with Gasteiger partial charge in [-0.3, -0.25) is 0 Å². The van der Waals surface area contributed by atoms with E-state index in [1.54, 1.807) is 0 Å². The second-order valence-electron chi connectivity index (χ2n) is 6.57. The molecule has 0 aliphatic carbocycles. The SMILES string of the molecule is CCN1CCN(c2ccc(Cl)c(-c3nc4ccccc4n3C)c2)CC1. The predicted octanol–water partition coefficient (Wildman–Crippen LogP) is 4.04. The van der Waals surface area contributed by atoms with Crippen molar-refractivity contribution < 1.29 is 0 Å². The number of rotatable bonds is 3. The summed E-state index contributed by atoms with van der Waals surface area (Å²) in [4.78, 5) is 9.73. The summed E-state index contributed by atoms with van der Waals surface area (Å²) in [7, 11) is 2.05. The van der Waals surface area contributed by atoms with Crippen molar-refractivity contribution in [2.24, 2.45) is 7.05 Å². The Kier molecular flexibility index (Phi) is 4.40. The van der Waals surface area contributed by atoms with Crippen molar-refractivity contribution in [3.63, 3.8) is 0 Å². The number of hydrogen-bond donors (Lipinski definition) is 0. The molecule has 0 unspecified atom stereocenters. The zero-order chi connectivity index (χ0) is 17.4. The molecule has 1 aromatic heterocycles. The molecule has 0 radical (unpaired) electrons. The van der Waals surface area contributed by atoms with E-state index < -0.39 is 0 Å². The molecule has 4 nitrogen and oxygen atoms in total. The van der Waals surface area contributed by atoms with Crippen LogP contribution in [0.3, 0.4) is 0 Å². The summed E-state index contributed by atoms with van der Waals surface area (Å²) in [6, 6.07) is 14.5. The van der Waals surface area contributed by atoms with E-state index in [2.05, 4.69) is 39.5 Å². The molecule has 0 bridgehead atoms. The van der Waals surface area contributed by atoms with Gasteiger partial charge in [0.25, 0.3) is 0 Å². The molecule has 0 atom stereocenters. The van der Waals surface area contributed by atoms with E-state index in [1.165, 1.54) is 5.69 Å². The molecule has 25 heavy (non-hydrogen) atoms. The summed E-state index contributed by atoms with van der Waals surface area (Å²) in [5.41, 5.74) is 4.34. The highest BCUT2D eigenvalue weighted by Crippen LogP contribution is 2.33. The molecule has 0 amide bonds. The number of anilines is 1. The average molecular weight is 355 g/mol. The third-order valence-electron chi connectivity index (χ3n) is 5.16. The third kappa shape index (κ3) is 3.00. The molecule has 1 aliphatic heterocycles. The number of benzene rings is 2. The maximum atomic E-state index is 6.53. The molecular weight excluding hydrogens is 332 g/mol. The van der Waals surface area contributed by atoms with E-state index in [0.717, 1.165) is 60.2 Å². The van der Waals surface area contributed by atoms with Crippen molar-refractivity contribution in [1.29, 1.82) is 0 Å². The van der Waals surface area contributed by atoms with E-state index in [1.807, 2.05) is 31.3 Å². The van der Waals surface area contributed by atoms with E-state index in [9.17, 15) is 0 Å². The molecule has 1 aliphatic rings. The van der Waals surface area contributed by atoms with Gasteiger partial charge in [0.1, 0.15) is 5.82 Å². The number of likely N-dealkylation sites (N-methyl/N-ethyl adjacent to an activating group) is 1. The van der Waals surface area contributed by atoms with Crippen LogP contribution in [0.5, 0.6) is 0 Å². The van der Waals surface area contributed by atoms with Gasteiger partial charge in [0.05, 0.1) is 16.1 Å². The Morgan fingerprint density at radius 1 is 1.04 bits per heavy atom. The molecule has 1 saturated heterocycles. The molecule has 0 saturated carbocycles. The summed E-state index contributed by atoms with van der Waals surface area (Å²) >= 11 is 6.53. The molecule has 0 N–H and O–H groups in total. The maximum absolute atomic E-state index is 6.53. The van der Waals surface area contributed by atoms with Gasteiger partial charge in [-0.05, 0) is 36.9 Å². The van der Waals surface area contributed by atoms with Gasteiger partial charge < -0.3 is 14.4 Å². The second-order valence-corrected chi connectivity index (χ2v) is 6.98. The number of para-hydroxylation sites is 2. The van der Waals surface area contributed by atoms with Crippen LogP contribution in [0.4, 0.5) is 5.69 Å². The van der Waals surface area contributed by atoms with Crippen molar-refractivity contribution >= 4 is 28.3 Å². The minimum absolute atomic E-state index is 0.745. The molecule has 130 valence electrons. The van der Waals surface area contributed by atoms with Crippen LogP contribution in [-0.4, -0.2) is 47.2 Å². The molecule has 4 rings (SSSR count). The predicted molar refractivity (Wildman–Crippen MR) is 105 cm³/mol. The van der Waals surface area contributed by atoms with Gasteiger partial charge in [0.2, 0.25) is 0 Å². The fraction of sp³-hybridized carbons (Fsp3) is 0.350. The highest BCUT2D eigenvalue weighted by Gasteiger charge is 2.18. The summed E-state index contributed by atoms with van der Waals surface area (Å²) < 4.78 is 2.12. The Morgan fingerprint density at radius 2 is 1.80 bits per heavy atom. The lowest BCUT2D eigenvalue weighted by Crippen LogP contribution is -2.46. The van der Waals surface area contributed by atoms with Crippen molar-refractivity contribution in [1.82, 2.24) is 14.5 Å². The van der Waals surface area contributed by atoms with Gasteiger partial charge in [-0.2, -0.15) is 0 Å². The zero-order valence-corrected chi connectivity index (χ0v) is 15.5. The van der Waals surface area contributed by atoms with Gasteiger partial charge in [-0.25, -0.2) is 4.98 Å². The minimum Gasteiger partial charge on any atom is -0.369 e. The normalized spacial score (nSPS) is 15.9. The monoisotopic (exact) mass is 354 g/mol. The summed E-state index contributed by atoms with van der Waals surface area (Å²) in [5, 5.41) is 0.745. The molecule has 0 spiro atoms. The van der Waals surface area contributed by atoms with Crippen LogP contribution in [-0.2, 0) is 7.05 Å². The quantitative estimate of drug-likeness (QED) is 0.709. The minimum atomic E-state index is 0.745. The van der Waals surface area contributed by atoms with Gasteiger partial charge in [-0.1, -0.05) is 30.7 Å². The fourth-order valence-corrected chi connectivity index (χ4v) is 3.79. The lowest BCUT2D eigenvalue weighted by molar-refractivity contribution is 0.271. The van der Waals surface area contributed by atoms with Crippen molar-refractivity contribution in [2.75, 3.05) is 37.6 Å². The number of imidazole rings is 1. The van der Waals surface area contributed by atoms with Gasteiger partial charge in [0.15, 0.2) is 0 Å². The second kappa shape index (κ2) is 6.70. The van der Waals surface area contributed by atoms with Crippen molar-refractivity contribution in [3.05, 3.63) is 47.5 Å². The highest BCUT2D eigenvalue weighted by atomic mass is 35.5. The number of aromatic nitrogens is 2. The summed E-state index contributed by atoms with van der Waals surface area (Å²) in [5.74, 6) is 0.917. The standard InChI is InChI=1S/C20H23ClN4/c1-3-24-10-12-25(13-11-24)15-8-9-17(21)16(14-15)20-22-18-6-4-5-7-19(18)23(20)2/h4-9,14H,3,10-13H2,1-2H3. The van der Waals surface area contributed by atoms with Crippen molar-refractivity contribution in [3.8, 4) is 11.4 Å². The van der Waals surface area contributed by atoms with Crippen LogP contribution < -0.4 is 4.90 Å².